The van der Waals surface area contributed by atoms with Crippen LogP contribution in [0.1, 0.15) is 39.8 Å². The van der Waals surface area contributed by atoms with E-state index in [1.165, 1.54) is 24.3 Å². The van der Waals surface area contributed by atoms with Gasteiger partial charge in [-0.15, -0.1) is 0 Å². The van der Waals surface area contributed by atoms with Gasteiger partial charge in [-0.05, 0) is 41.0 Å². The first-order valence-electron chi connectivity index (χ1n) is 14.0. The Morgan fingerprint density at radius 3 is 1.90 bits per heavy atom. The zero-order valence-electron chi connectivity index (χ0n) is 24.5. The van der Waals surface area contributed by atoms with Crippen molar-refractivity contribution in [1.82, 2.24) is 9.80 Å². The highest BCUT2D eigenvalue weighted by Crippen LogP contribution is 2.39. The number of nitrogens with zero attached hydrogens (tertiary/aromatic N) is 2. The second-order valence-electron chi connectivity index (χ2n) is 7.44. The SMILES string of the molecule is [2H]C1([2H])N(CC2OC2c2ccccc2)C([2H])([2H])C([2H])([2H])N(C(c2ccc(F)cc2)c2ccc(F)cc2)C1([2H])[2H]. The summed E-state index contributed by atoms with van der Waals surface area (Å²) in [5.74, 6) is -1.20. The Balaban J connectivity index is 1.58. The third-order valence-corrected chi connectivity index (χ3v) is 5.31. The number of benzene rings is 3. The van der Waals surface area contributed by atoms with Crippen LogP contribution >= 0.6 is 0 Å². The Morgan fingerprint density at radius 1 is 0.806 bits per heavy atom. The molecule has 0 spiro atoms. The molecule has 2 aliphatic rings. The Morgan fingerprint density at radius 2 is 1.35 bits per heavy atom. The largest absolute Gasteiger partial charge is 0.363 e. The van der Waals surface area contributed by atoms with Crippen LogP contribution in [0.2, 0.25) is 0 Å². The fourth-order valence-corrected chi connectivity index (χ4v) is 3.68. The average Bonchev–Trinajstić information content (AvgIpc) is 3.66. The van der Waals surface area contributed by atoms with Crippen molar-refractivity contribution in [3.8, 4) is 0 Å². The quantitative estimate of drug-likeness (QED) is 0.525. The lowest BCUT2D eigenvalue weighted by Crippen LogP contribution is -2.48. The lowest BCUT2D eigenvalue weighted by molar-refractivity contribution is 0.104. The Labute approximate surface area is 193 Å². The Bertz CT molecular complexity index is 1250. The molecule has 0 aliphatic carbocycles. The first kappa shape index (κ1) is 13.1. The maximum absolute atomic E-state index is 13.8. The molecule has 31 heavy (non-hydrogen) atoms. The van der Waals surface area contributed by atoms with Gasteiger partial charge in [-0.1, -0.05) is 54.6 Å². The number of rotatable bonds is 6. The summed E-state index contributed by atoms with van der Waals surface area (Å²) >= 11 is 0. The summed E-state index contributed by atoms with van der Waals surface area (Å²) in [6.45, 7) is -12.8. The Kier molecular flexibility index (Phi) is 3.74. The van der Waals surface area contributed by atoms with E-state index in [1.807, 2.05) is 6.07 Å². The summed E-state index contributed by atoms with van der Waals surface area (Å²) in [5.41, 5.74) is 1.14. The van der Waals surface area contributed by atoms with Crippen LogP contribution in [0.25, 0.3) is 0 Å². The van der Waals surface area contributed by atoms with E-state index in [0.717, 1.165) is 29.8 Å². The molecule has 5 rings (SSSR count). The van der Waals surface area contributed by atoms with Gasteiger partial charge in [-0.3, -0.25) is 9.80 Å². The van der Waals surface area contributed by atoms with Gasteiger partial charge in [0.25, 0.3) is 0 Å². The van der Waals surface area contributed by atoms with Crippen molar-refractivity contribution >= 4 is 0 Å². The third kappa shape index (κ3) is 4.69. The molecule has 160 valence electrons. The summed E-state index contributed by atoms with van der Waals surface area (Å²) in [6.07, 6.45) is -1.14. The van der Waals surface area contributed by atoms with Crippen LogP contribution in [0.5, 0.6) is 0 Å². The molecule has 0 bridgehead atoms. The zero-order valence-corrected chi connectivity index (χ0v) is 16.5. The van der Waals surface area contributed by atoms with Crippen LogP contribution in [0.4, 0.5) is 8.78 Å². The molecular weight excluding hydrogens is 394 g/mol. The number of halogens is 2. The van der Waals surface area contributed by atoms with Crippen LogP contribution in [0.15, 0.2) is 78.9 Å². The summed E-state index contributed by atoms with van der Waals surface area (Å²) in [5, 5.41) is 0. The monoisotopic (exact) mass is 428 g/mol. The molecule has 0 radical (unpaired) electrons. The molecule has 0 amide bonds. The minimum Gasteiger partial charge on any atom is -0.363 e. The van der Waals surface area contributed by atoms with Gasteiger partial charge < -0.3 is 4.74 Å². The average molecular weight is 429 g/mol. The molecular formula is C26H26F2N2O. The van der Waals surface area contributed by atoms with Crippen molar-refractivity contribution in [2.45, 2.75) is 18.2 Å². The molecule has 0 N–H and O–H groups in total. The van der Waals surface area contributed by atoms with Gasteiger partial charge in [0.05, 0.1) is 6.04 Å². The molecule has 3 aromatic rings. The van der Waals surface area contributed by atoms with Gasteiger partial charge in [0.2, 0.25) is 0 Å². The number of piperazine rings is 1. The molecule has 2 unspecified atom stereocenters. The maximum atomic E-state index is 13.8. The van der Waals surface area contributed by atoms with Gasteiger partial charge in [0.1, 0.15) is 23.8 Å². The van der Waals surface area contributed by atoms with Crippen molar-refractivity contribution in [2.75, 3.05) is 32.5 Å². The van der Waals surface area contributed by atoms with Crippen molar-refractivity contribution in [3.63, 3.8) is 0 Å². The molecule has 5 heteroatoms. The topological polar surface area (TPSA) is 19.0 Å². The molecule has 2 fully saturated rings. The summed E-state index contributed by atoms with van der Waals surface area (Å²) in [6, 6.07) is 17.1. The zero-order chi connectivity index (χ0) is 28.4. The first-order valence-corrected chi connectivity index (χ1v) is 9.98. The van der Waals surface area contributed by atoms with E-state index in [0.29, 0.717) is 9.80 Å². The summed E-state index contributed by atoms with van der Waals surface area (Å²) in [7, 11) is 0. The highest BCUT2D eigenvalue weighted by Gasteiger charge is 2.41. The van der Waals surface area contributed by atoms with Crippen molar-refractivity contribution in [2.24, 2.45) is 0 Å². The lowest BCUT2D eigenvalue weighted by Gasteiger charge is -2.39. The Hall–Kier alpha value is -2.60. The van der Waals surface area contributed by atoms with E-state index < -0.39 is 62.4 Å². The van der Waals surface area contributed by atoms with Gasteiger partial charge in [-0.25, -0.2) is 8.78 Å². The van der Waals surface area contributed by atoms with Crippen LogP contribution in [-0.2, 0) is 4.74 Å². The van der Waals surface area contributed by atoms with E-state index in [-0.39, 0.29) is 11.1 Å². The normalized spacial score (nSPS) is 32.4. The fraction of sp³-hybridized carbons (Fsp3) is 0.308. The van der Waals surface area contributed by atoms with Crippen LogP contribution in [-0.4, -0.2) is 48.4 Å². The summed E-state index contributed by atoms with van der Waals surface area (Å²) in [4.78, 5) is 1.05. The molecule has 3 nitrogen and oxygen atoms in total. The van der Waals surface area contributed by atoms with E-state index in [1.54, 1.807) is 24.3 Å². The third-order valence-electron chi connectivity index (χ3n) is 5.31. The van der Waals surface area contributed by atoms with Gasteiger partial charge in [0, 0.05) is 43.5 Å². The van der Waals surface area contributed by atoms with Gasteiger partial charge >= 0.3 is 0 Å². The second-order valence-corrected chi connectivity index (χ2v) is 7.44. The van der Waals surface area contributed by atoms with Crippen LogP contribution in [0.3, 0.4) is 0 Å². The highest BCUT2D eigenvalue weighted by atomic mass is 19.1. The van der Waals surface area contributed by atoms with Gasteiger partial charge in [0.15, 0.2) is 0 Å². The molecule has 2 saturated heterocycles. The van der Waals surface area contributed by atoms with E-state index >= 15 is 0 Å². The van der Waals surface area contributed by atoms with Crippen molar-refractivity contribution in [1.29, 1.82) is 0 Å². The summed E-state index contributed by atoms with van der Waals surface area (Å²) < 4.78 is 104. The predicted octanol–water partition coefficient (Wildman–Crippen LogP) is 4.81. The molecule has 0 saturated carbocycles. The first-order chi connectivity index (χ1) is 18.2. The smallest absolute Gasteiger partial charge is 0.123 e. The molecule has 2 aliphatic heterocycles. The second kappa shape index (κ2) is 8.87. The van der Waals surface area contributed by atoms with Crippen molar-refractivity contribution in [3.05, 3.63) is 107 Å². The minimum atomic E-state index is -3.13. The van der Waals surface area contributed by atoms with E-state index in [9.17, 15) is 8.78 Å². The molecule has 2 atom stereocenters. The lowest BCUT2D eigenvalue weighted by atomic mass is 9.96. The fourth-order valence-electron chi connectivity index (χ4n) is 3.68. The number of hydrogen-bond acceptors (Lipinski definition) is 3. The van der Waals surface area contributed by atoms with Gasteiger partial charge in [-0.2, -0.15) is 0 Å². The standard InChI is InChI=1S/C26H26F2N2O/c27-22-10-6-19(7-11-22)25(20-8-12-23(28)13-9-20)30-16-14-29(15-17-30)18-24-26(31-24)21-4-2-1-3-5-21/h1-13,24-26H,14-18H2/i14D2,15D2,16D2,17D2. The van der Waals surface area contributed by atoms with Crippen molar-refractivity contribution < 1.29 is 24.5 Å². The number of ether oxygens (including phenoxy) is 1. The predicted molar refractivity (Wildman–Crippen MR) is 117 cm³/mol. The molecule has 2 heterocycles. The number of epoxide rings is 1. The van der Waals surface area contributed by atoms with E-state index in [2.05, 4.69) is 0 Å². The molecule has 3 aromatic carbocycles. The van der Waals surface area contributed by atoms with Crippen LogP contribution < -0.4 is 0 Å². The minimum absolute atomic E-state index is 0.172. The molecule has 0 aromatic heterocycles. The maximum Gasteiger partial charge on any atom is 0.123 e. The van der Waals surface area contributed by atoms with E-state index in [4.69, 9.17) is 15.7 Å². The highest BCUT2D eigenvalue weighted by molar-refractivity contribution is 5.32. The number of hydrogen-bond donors (Lipinski definition) is 0. The van der Waals surface area contributed by atoms with Crippen LogP contribution in [0, 0.1) is 11.6 Å².